The fourth-order valence-electron chi connectivity index (χ4n) is 5.06. The van der Waals surface area contributed by atoms with E-state index in [0.717, 1.165) is 42.1 Å². The smallest absolute Gasteiger partial charge is 0.356 e. The van der Waals surface area contributed by atoms with Crippen LogP contribution in [-0.4, -0.2) is 38.2 Å². The van der Waals surface area contributed by atoms with Crippen molar-refractivity contribution in [2.45, 2.75) is 31.7 Å². The maximum atomic E-state index is 12.5. The maximum absolute atomic E-state index is 12.5. The number of ether oxygens (including phenoxy) is 1. The number of anilines is 3. The number of piperidine rings is 1. The first-order valence-corrected chi connectivity index (χ1v) is 11.1. The third-order valence-electron chi connectivity index (χ3n) is 7.03. The highest BCUT2D eigenvalue weighted by Gasteiger charge is 2.46. The van der Waals surface area contributed by atoms with Crippen molar-refractivity contribution in [2.75, 3.05) is 37.5 Å². The summed E-state index contributed by atoms with van der Waals surface area (Å²) in [5.41, 5.74) is 3.63. The van der Waals surface area contributed by atoms with Crippen molar-refractivity contribution in [2.24, 2.45) is 17.8 Å². The molecule has 0 amide bonds. The second kappa shape index (κ2) is 7.91. The highest BCUT2D eigenvalue weighted by molar-refractivity contribution is 5.90. The van der Waals surface area contributed by atoms with Gasteiger partial charge in [-0.25, -0.2) is 9.78 Å². The van der Waals surface area contributed by atoms with Crippen molar-refractivity contribution in [1.29, 1.82) is 0 Å². The number of nitrogens with one attached hydrogen (secondary N) is 2. The standard InChI is InChI=1S/C24H30N4O2/c1-25-22(15-7-6-8-15)21-20(28-13-16-11-17(16)14-28)12-19(24(29)30-2)27-23(21)26-18-9-4-3-5-10-18/h3-5,9-10,12,15-17,22,25H,6-8,11,13-14H2,1-2H3,(H,26,27). The Kier molecular flexibility index (Phi) is 5.11. The van der Waals surface area contributed by atoms with Crippen molar-refractivity contribution >= 4 is 23.2 Å². The maximum Gasteiger partial charge on any atom is 0.356 e. The van der Waals surface area contributed by atoms with Crippen LogP contribution in [0.2, 0.25) is 0 Å². The number of rotatable bonds is 7. The minimum atomic E-state index is -0.395. The molecular weight excluding hydrogens is 376 g/mol. The molecule has 3 atom stereocenters. The van der Waals surface area contributed by atoms with E-state index in [1.54, 1.807) is 0 Å². The van der Waals surface area contributed by atoms with Gasteiger partial charge >= 0.3 is 5.97 Å². The van der Waals surface area contributed by atoms with Gasteiger partial charge in [0.05, 0.1) is 7.11 Å². The summed E-state index contributed by atoms with van der Waals surface area (Å²) in [4.78, 5) is 19.7. The average molecular weight is 407 g/mol. The molecule has 0 bridgehead atoms. The van der Waals surface area contributed by atoms with Gasteiger partial charge in [0.1, 0.15) is 5.82 Å². The number of esters is 1. The first kappa shape index (κ1) is 19.4. The molecule has 2 aliphatic carbocycles. The molecule has 2 N–H and O–H groups in total. The summed E-state index contributed by atoms with van der Waals surface area (Å²) >= 11 is 0. The molecule has 3 fully saturated rings. The van der Waals surface area contributed by atoms with E-state index in [1.807, 2.05) is 43.4 Å². The Bertz CT molecular complexity index is 918. The topological polar surface area (TPSA) is 66.5 Å². The number of aromatic nitrogens is 1. The summed E-state index contributed by atoms with van der Waals surface area (Å²) in [7, 11) is 3.45. The Morgan fingerprint density at radius 3 is 2.53 bits per heavy atom. The minimum Gasteiger partial charge on any atom is -0.464 e. The zero-order chi connectivity index (χ0) is 20.7. The van der Waals surface area contributed by atoms with Gasteiger partial charge in [-0.05, 0) is 62.3 Å². The molecule has 2 saturated carbocycles. The van der Waals surface area contributed by atoms with E-state index in [4.69, 9.17) is 9.72 Å². The third kappa shape index (κ3) is 3.54. The molecule has 2 aromatic rings. The highest BCUT2D eigenvalue weighted by atomic mass is 16.5. The number of nitrogens with zero attached hydrogens (tertiary/aromatic N) is 2. The van der Waals surface area contributed by atoms with E-state index in [-0.39, 0.29) is 6.04 Å². The van der Waals surface area contributed by atoms with Crippen LogP contribution in [0.1, 0.15) is 47.8 Å². The van der Waals surface area contributed by atoms with E-state index < -0.39 is 5.97 Å². The molecule has 0 radical (unpaired) electrons. The molecule has 6 nitrogen and oxygen atoms in total. The van der Waals surface area contributed by atoms with Crippen LogP contribution in [-0.2, 0) is 4.74 Å². The van der Waals surface area contributed by atoms with E-state index in [0.29, 0.717) is 11.6 Å². The first-order valence-electron chi connectivity index (χ1n) is 11.1. The normalized spacial score (nSPS) is 23.5. The molecule has 6 heteroatoms. The van der Waals surface area contributed by atoms with Crippen molar-refractivity contribution in [3.05, 3.63) is 47.7 Å². The van der Waals surface area contributed by atoms with Crippen LogP contribution in [0.3, 0.4) is 0 Å². The number of benzene rings is 1. The van der Waals surface area contributed by atoms with Crippen LogP contribution >= 0.6 is 0 Å². The molecule has 3 unspecified atom stereocenters. The molecule has 3 aliphatic rings. The van der Waals surface area contributed by atoms with Gasteiger partial charge in [0, 0.05) is 36.1 Å². The molecule has 158 valence electrons. The van der Waals surface area contributed by atoms with Gasteiger partial charge in [-0.3, -0.25) is 0 Å². The highest BCUT2D eigenvalue weighted by Crippen LogP contribution is 2.50. The Labute approximate surface area is 178 Å². The monoisotopic (exact) mass is 406 g/mol. The quantitative estimate of drug-likeness (QED) is 0.674. The van der Waals surface area contributed by atoms with Crippen molar-refractivity contribution < 1.29 is 9.53 Å². The lowest BCUT2D eigenvalue weighted by molar-refractivity contribution is 0.0594. The number of para-hydroxylation sites is 1. The molecule has 1 saturated heterocycles. The molecular formula is C24H30N4O2. The first-order chi connectivity index (χ1) is 14.7. The van der Waals surface area contributed by atoms with Crippen molar-refractivity contribution in [3.63, 3.8) is 0 Å². The number of fused-ring (bicyclic) bond motifs is 1. The average Bonchev–Trinajstić information content (AvgIpc) is 3.35. The minimum absolute atomic E-state index is 0.205. The van der Waals surface area contributed by atoms with E-state index in [2.05, 4.69) is 15.5 Å². The van der Waals surface area contributed by atoms with Gasteiger partial charge in [0.25, 0.3) is 0 Å². The Balaban J connectivity index is 1.63. The van der Waals surface area contributed by atoms with Gasteiger partial charge in [0.2, 0.25) is 0 Å². The van der Waals surface area contributed by atoms with Gasteiger partial charge in [-0.2, -0.15) is 0 Å². The second-order valence-corrected chi connectivity index (χ2v) is 8.89. The number of carbonyl (C=O) groups is 1. The second-order valence-electron chi connectivity index (χ2n) is 8.89. The van der Waals surface area contributed by atoms with Gasteiger partial charge in [-0.15, -0.1) is 0 Å². The molecule has 2 heterocycles. The van der Waals surface area contributed by atoms with E-state index in [9.17, 15) is 4.79 Å². The summed E-state index contributed by atoms with van der Waals surface area (Å²) < 4.78 is 5.03. The molecule has 1 aromatic heterocycles. The van der Waals surface area contributed by atoms with Crippen LogP contribution in [0, 0.1) is 17.8 Å². The van der Waals surface area contributed by atoms with Gasteiger partial charge in [-0.1, -0.05) is 24.6 Å². The summed E-state index contributed by atoms with van der Waals surface area (Å²) in [5.74, 6) is 2.55. The molecule has 30 heavy (non-hydrogen) atoms. The summed E-state index contributed by atoms with van der Waals surface area (Å²) in [5, 5.41) is 7.08. The Morgan fingerprint density at radius 1 is 1.20 bits per heavy atom. The Hall–Kier alpha value is -2.60. The summed E-state index contributed by atoms with van der Waals surface area (Å²) in [6, 6.07) is 12.2. The fraction of sp³-hybridized carbons (Fsp3) is 0.500. The van der Waals surface area contributed by atoms with Crippen LogP contribution in [0.15, 0.2) is 36.4 Å². The van der Waals surface area contributed by atoms with E-state index in [1.165, 1.54) is 38.4 Å². The van der Waals surface area contributed by atoms with Crippen LogP contribution in [0.5, 0.6) is 0 Å². The molecule has 0 spiro atoms. The number of hydrogen-bond donors (Lipinski definition) is 2. The summed E-state index contributed by atoms with van der Waals surface area (Å²) in [6.07, 6.45) is 5.06. The zero-order valence-electron chi connectivity index (χ0n) is 17.7. The lowest BCUT2D eigenvalue weighted by Gasteiger charge is -2.37. The molecule has 1 aliphatic heterocycles. The van der Waals surface area contributed by atoms with Crippen LogP contribution in [0.4, 0.5) is 17.2 Å². The van der Waals surface area contributed by atoms with Crippen LogP contribution < -0.4 is 15.5 Å². The van der Waals surface area contributed by atoms with Crippen molar-refractivity contribution in [1.82, 2.24) is 10.3 Å². The number of hydrogen-bond acceptors (Lipinski definition) is 6. The fourth-order valence-corrected chi connectivity index (χ4v) is 5.06. The van der Waals surface area contributed by atoms with E-state index >= 15 is 0 Å². The predicted molar refractivity (Wildman–Crippen MR) is 118 cm³/mol. The van der Waals surface area contributed by atoms with Crippen LogP contribution in [0.25, 0.3) is 0 Å². The SMILES string of the molecule is CNC(c1c(N2CC3CC3C2)cc(C(=O)OC)nc1Nc1ccccc1)C1CCC1. The Morgan fingerprint density at radius 2 is 1.93 bits per heavy atom. The lowest BCUT2D eigenvalue weighted by atomic mass is 9.76. The van der Waals surface area contributed by atoms with Gasteiger partial charge in [0.15, 0.2) is 5.69 Å². The molecule has 5 rings (SSSR count). The summed E-state index contributed by atoms with van der Waals surface area (Å²) in [6.45, 7) is 2.13. The van der Waals surface area contributed by atoms with Gasteiger partial charge < -0.3 is 20.3 Å². The lowest BCUT2D eigenvalue weighted by Crippen LogP contribution is -2.33. The third-order valence-corrected chi connectivity index (χ3v) is 7.03. The largest absolute Gasteiger partial charge is 0.464 e. The number of pyridine rings is 1. The van der Waals surface area contributed by atoms with Crippen molar-refractivity contribution in [3.8, 4) is 0 Å². The zero-order valence-corrected chi connectivity index (χ0v) is 17.7. The molecule has 1 aromatic carbocycles. The number of methoxy groups -OCH3 is 1. The number of carbonyl (C=O) groups excluding carboxylic acids is 1. The predicted octanol–water partition coefficient (Wildman–Crippen LogP) is 4.13.